The van der Waals surface area contributed by atoms with Gasteiger partial charge in [-0.25, -0.2) is 9.18 Å². The van der Waals surface area contributed by atoms with E-state index in [1.165, 1.54) is 18.6 Å². The lowest BCUT2D eigenvalue weighted by Gasteiger charge is -2.34. The average Bonchev–Trinajstić information content (AvgIpc) is 2.59. The van der Waals surface area contributed by atoms with Crippen molar-refractivity contribution in [2.75, 3.05) is 7.11 Å². The summed E-state index contributed by atoms with van der Waals surface area (Å²) < 4.78 is 18.5. The van der Waals surface area contributed by atoms with E-state index in [0.29, 0.717) is 12.5 Å². The predicted octanol–water partition coefficient (Wildman–Crippen LogP) is 4.17. The topological polar surface area (TPSA) is 50.4 Å². The largest absolute Gasteiger partial charge is 0.496 e. The molecule has 1 aliphatic carbocycles. The number of ether oxygens (including phenoxy) is 1. The van der Waals surface area contributed by atoms with Crippen molar-refractivity contribution in [2.24, 2.45) is 5.92 Å². The van der Waals surface area contributed by atoms with Crippen LogP contribution in [0.15, 0.2) is 48.5 Å². The van der Waals surface area contributed by atoms with Crippen molar-refractivity contribution >= 4 is 6.03 Å². The summed E-state index contributed by atoms with van der Waals surface area (Å²) in [5.41, 5.74) is 1.86. The number of carbonyl (C=O) groups is 1. The van der Waals surface area contributed by atoms with Crippen LogP contribution >= 0.6 is 0 Å². The van der Waals surface area contributed by atoms with Crippen LogP contribution in [0, 0.1) is 11.7 Å². The summed E-state index contributed by atoms with van der Waals surface area (Å²) in [6, 6.07) is 13.6. The van der Waals surface area contributed by atoms with Gasteiger partial charge >= 0.3 is 6.03 Å². The second kappa shape index (κ2) is 8.01. The maximum Gasteiger partial charge on any atom is 0.315 e. The number of para-hydroxylation sites is 1. The van der Waals surface area contributed by atoms with E-state index in [1.807, 2.05) is 24.3 Å². The standard InChI is InChI=1S/C20H23FN2O2/c1-25-18-8-3-2-5-16(18)13-22-20(24)23-19(14-6-4-7-14)15-9-11-17(21)12-10-15/h2-3,5,8-12,14,19H,4,6-7,13H2,1H3,(H2,22,23,24). The molecule has 5 heteroatoms. The van der Waals surface area contributed by atoms with Gasteiger partial charge in [-0.05, 0) is 42.5 Å². The number of amides is 2. The first kappa shape index (κ1) is 17.3. The Balaban J connectivity index is 1.63. The van der Waals surface area contributed by atoms with Gasteiger partial charge in [0.2, 0.25) is 0 Å². The lowest BCUT2D eigenvalue weighted by Crippen LogP contribution is -2.41. The quantitative estimate of drug-likeness (QED) is 0.827. The van der Waals surface area contributed by atoms with Crippen LogP contribution in [0.1, 0.15) is 36.4 Å². The number of carbonyl (C=O) groups excluding carboxylic acids is 1. The monoisotopic (exact) mass is 342 g/mol. The number of methoxy groups -OCH3 is 1. The molecule has 132 valence electrons. The fraction of sp³-hybridized carbons (Fsp3) is 0.350. The lowest BCUT2D eigenvalue weighted by atomic mass is 9.77. The molecule has 2 amide bonds. The van der Waals surface area contributed by atoms with Gasteiger partial charge in [-0.1, -0.05) is 36.8 Å². The Morgan fingerprint density at radius 2 is 1.92 bits per heavy atom. The molecule has 0 heterocycles. The van der Waals surface area contributed by atoms with Gasteiger partial charge in [0.1, 0.15) is 11.6 Å². The SMILES string of the molecule is COc1ccccc1CNC(=O)NC(c1ccc(F)cc1)C1CCC1. The highest BCUT2D eigenvalue weighted by atomic mass is 19.1. The van der Waals surface area contributed by atoms with Gasteiger partial charge in [0.25, 0.3) is 0 Å². The summed E-state index contributed by atoms with van der Waals surface area (Å²) in [6.45, 7) is 0.386. The average molecular weight is 342 g/mol. The molecule has 0 aliphatic heterocycles. The highest BCUT2D eigenvalue weighted by Crippen LogP contribution is 2.37. The van der Waals surface area contributed by atoms with E-state index in [1.54, 1.807) is 19.2 Å². The third-order valence-electron chi connectivity index (χ3n) is 4.77. The zero-order valence-electron chi connectivity index (χ0n) is 14.3. The van der Waals surface area contributed by atoms with Crippen LogP contribution in [-0.4, -0.2) is 13.1 Å². The molecular formula is C20H23FN2O2. The second-order valence-electron chi connectivity index (χ2n) is 6.36. The van der Waals surface area contributed by atoms with Crippen LogP contribution in [0.2, 0.25) is 0 Å². The molecule has 2 aromatic carbocycles. The van der Waals surface area contributed by atoms with Crippen LogP contribution in [0.25, 0.3) is 0 Å². The Morgan fingerprint density at radius 3 is 2.56 bits per heavy atom. The Morgan fingerprint density at radius 1 is 1.20 bits per heavy atom. The summed E-state index contributed by atoms with van der Waals surface area (Å²) in [5.74, 6) is 0.885. The van der Waals surface area contributed by atoms with Gasteiger partial charge in [0.15, 0.2) is 0 Å². The molecule has 2 aromatic rings. The number of halogens is 1. The van der Waals surface area contributed by atoms with Gasteiger partial charge < -0.3 is 15.4 Å². The lowest BCUT2D eigenvalue weighted by molar-refractivity contribution is 0.207. The molecule has 3 rings (SSSR count). The summed E-state index contributed by atoms with van der Waals surface area (Å²) in [4.78, 5) is 12.4. The number of nitrogens with one attached hydrogen (secondary N) is 2. The molecule has 1 fully saturated rings. The first-order valence-electron chi connectivity index (χ1n) is 8.59. The Bertz CT molecular complexity index is 714. The van der Waals surface area contributed by atoms with Crippen molar-refractivity contribution < 1.29 is 13.9 Å². The van der Waals surface area contributed by atoms with E-state index >= 15 is 0 Å². The highest BCUT2D eigenvalue weighted by molar-refractivity contribution is 5.74. The Kier molecular flexibility index (Phi) is 5.53. The molecule has 4 nitrogen and oxygen atoms in total. The molecule has 1 aliphatic rings. The fourth-order valence-electron chi connectivity index (χ4n) is 3.13. The predicted molar refractivity (Wildman–Crippen MR) is 94.8 cm³/mol. The van der Waals surface area contributed by atoms with Crippen molar-refractivity contribution in [3.63, 3.8) is 0 Å². The molecule has 0 spiro atoms. The third-order valence-corrected chi connectivity index (χ3v) is 4.77. The zero-order valence-corrected chi connectivity index (χ0v) is 14.3. The van der Waals surface area contributed by atoms with E-state index in [-0.39, 0.29) is 17.9 Å². The molecule has 1 atom stereocenters. The Labute approximate surface area is 147 Å². The first-order chi connectivity index (χ1) is 12.2. The minimum Gasteiger partial charge on any atom is -0.496 e. The van der Waals surface area contributed by atoms with Crippen LogP contribution < -0.4 is 15.4 Å². The summed E-state index contributed by atoms with van der Waals surface area (Å²) in [6.07, 6.45) is 3.33. The molecular weight excluding hydrogens is 319 g/mol. The van der Waals surface area contributed by atoms with Crippen molar-refractivity contribution in [3.05, 3.63) is 65.5 Å². The van der Waals surface area contributed by atoms with Gasteiger partial charge in [0, 0.05) is 12.1 Å². The van der Waals surface area contributed by atoms with E-state index < -0.39 is 0 Å². The minimum atomic E-state index is -0.267. The first-order valence-corrected chi connectivity index (χ1v) is 8.59. The van der Waals surface area contributed by atoms with Crippen LogP contribution in [0.5, 0.6) is 5.75 Å². The fourth-order valence-corrected chi connectivity index (χ4v) is 3.13. The highest BCUT2D eigenvalue weighted by Gasteiger charge is 2.29. The van der Waals surface area contributed by atoms with Crippen LogP contribution in [-0.2, 0) is 6.54 Å². The number of hydrogen-bond acceptors (Lipinski definition) is 2. The molecule has 0 aromatic heterocycles. The van der Waals surface area contributed by atoms with E-state index in [9.17, 15) is 9.18 Å². The smallest absolute Gasteiger partial charge is 0.315 e. The summed E-state index contributed by atoms with van der Waals surface area (Å²) in [5, 5.41) is 5.93. The third kappa shape index (κ3) is 4.29. The van der Waals surface area contributed by atoms with Crippen molar-refractivity contribution in [3.8, 4) is 5.75 Å². The van der Waals surface area contributed by atoms with Crippen molar-refractivity contribution in [2.45, 2.75) is 31.8 Å². The molecule has 0 saturated heterocycles. The molecule has 0 bridgehead atoms. The molecule has 1 unspecified atom stereocenters. The minimum absolute atomic E-state index is 0.0907. The Hall–Kier alpha value is -2.56. The molecule has 2 N–H and O–H groups in total. The maximum absolute atomic E-state index is 13.2. The van der Waals surface area contributed by atoms with Gasteiger partial charge in [-0.2, -0.15) is 0 Å². The molecule has 25 heavy (non-hydrogen) atoms. The second-order valence-corrected chi connectivity index (χ2v) is 6.36. The van der Waals surface area contributed by atoms with Gasteiger partial charge in [-0.15, -0.1) is 0 Å². The normalized spacial score (nSPS) is 15.1. The van der Waals surface area contributed by atoms with Crippen molar-refractivity contribution in [1.82, 2.24) is 10.6 Å². The summed E-state index contributed by atoms with van der Waals surface area (Å²) in [7, 11) is 1.61. The maximum atomic E-state index is 13.2. The van der Waals surface area contributed by atoms with E-state index in [4.69, 9.17) is 4.74 Å². The number of benzene rings is 2. The van der Waals surface area contributed by atoms with Crippen LogP contribution in [0.4, 0.5) is 9.18 Å². The molecule has 1 saturated carbocycles. The zero-order chi connectivity index (χ0) is 17.6. The van der Waals surface area contributed by atoms with Gasteiger partial charge in [-0.3, -0.25) is 0 Å². The summed E-state index contributed by atoms with van der Waals surface area (Å²) >= 11 is 0. The van der Waals surface area contributed by atoms with E-state index in [2.05, 4.69) is 10.6 Å². The van der Waals surface area contributed by atoms with Gasteiger partial charge in [0.05, 0.1) is 13.2 Å². The number of rotatable bonds is 6. The van der Waals surface area contributed by atoms with Crippen LogP contribution in [0.3, 0.4) is 0 Å². The number of urea groups is 1. The van der Waals surface area contributed by atoms with Crippen molar-refractivity contribution in [1.29, 1.82) is 0 Å². The van der Waals surface area contributed by atoms with E-state index in [0.717, 1.165) is 29.7 Å². The molecule has 0 radical (unpaired) electrons. The number of hydrogen-bond donors (Lipinski definition) is 2.